The van der Waals surface area contributed by atoms with Crippen LogP contribution >= 0.6 is 0 Å². The van der Waals surface area contributed by atoms with Crippen LogP contribution in [-0.4, -0.2) is 54.4 Å². The molecule has 2 heterocycles. The molecule has 1 saturated heterocycles. The van der Waals surface area contributed by atoms with Gasteiger partial charge in [0.2, 0.25) is 15.9 Å². The van der Waals surface area contributed by atoms with Crippen molar-refractivity contribution in [3.05, 3.63) is 54.4 Å². The van der Waals surface area contributed by atoms with Crippen LogP contribution in [0.1, 0.15) is 18.7 Å². The fraction of sp³-hybridized carbons (Fsp3) is 0.364. The van der Waals surface area contributed by atoms with Gasteiger partial charge >= 0.3 is 0 Å². The molecule has 1 aromatic heterocycles. The Balaban J connectivity index is 1.43. The number of aryl methyl sites for hydroxylation is 1. The van der Waals surface area contributed by atoms with E-state index in [0.717, 1.165) is 16.9 Å². The lowest BCUT2D eigenvalue weighted by molar-refractivity contribution is -0.124. The SMILES string of the molecule is COc1ccc(S(=O)(=O)N2CCC[C@@H]2C(=O)NCCn2c(C)nc3ccccc32)cc1. The zero-order chi connectivity index (χ0) is 22.0. The number of imidazole rings is 1. The van der Waals surface area contributed by atoms with E-state index >= 15 is 0 Å². The van der Waals surface area contributed by atoms with Gasteiger partial charge in [-0.15, -0.1) is 0 Å². The Bertz CT molecular complexity index is 1190. The van der Waals surface area contributed by atoms with E-state index in [4.69, 9.17) is 4.74 Å². The molecule has 9 heteroatoms. The summed E-state index contributed by atoms with van der Waals surface area (Å²) in [7, 11) is -2.23. The summed E-state index contributed by atoms with van der Waals surface area (Å²) in [4.78, 5) is 17.5. The highest BCUT2D eigenvalue weighted by atomic mass is 32.2. The third-order valence-electron chi connectivity index (χ3n) is 5.65. The van der Waals surface area contributed by atoms with Crippen LogP contribution in [0, 0.1) is 6.92 Å². The van der Waals surface area contributed by atoms with Gasteiger partial charge in [0.05, 0.1) is 23.0 Å². The highest BCUT2D eigenvalue weighted by Gasteiger charge is 2.39. The highest BCUT2D eigenvalue weighted by molar-refractivity contribution is 7.89. The second-order valence-corrected chi connectivity index (χ2v) is 9.43. The zero-order valence-corrected chi connectivity index (χ0v) is 18.4. The molecule has 0 spiro atoms. The molecular formula is C22H26N4O4S. The second kappa shape index (κ2) is 8.68. The van der Waals surface area contributed by atoms with Gasteiger partial charge in [-0.05, 0) is 56.2 Å². The first kappa shape index (κ1) is 21.3. The number of fused-ring (bicyclic) bond motifs is 1. The van der Waals surface area contributed by atoms with E-state index in [1.54, 1.807) is 12.1 Å². The van der Waals surface area contributed by atoms with Gasteiger partial charge in [0.25, 0.3) is 0 Å². The van der Waals surface area contributed by atoms with Gasteiger partial charge in [-0.25, -0.2) is 13.4 Å². The van der Waals surface area contributed by atoms with Crippen LogP contribution in [0.3, 0.4) is 0 Å². The van der Waals surface area contributed by atoms with Crippen LogP contribution in [-0.2, 0) is 21.4 Å². The molecule has 1 fully saturated rings. The monoisotopic (exact) mass is 442 g/mol. The number of aromatic nitrogens is 2. The van der Waals surface area contributed by atoms with Crippen LogP contribution in [0.4, 0.5) is 0 Å². The standard InChI is InChI=1S/C22H26N4O4S/c1-16-24-19-6-3-4-7-20(19)25(16)15-13-23-22(27)21-8-5-14-26(21)31(28,29)18-11-9-17(30-2)10-12-18/h3-4,6-7,9-12,21H,5,8,13-15H2,1-2H3,(H,23,27)/t21-/m1/s1. The predicted molar refractivity (Wildman–Crippen MR) is 117 cm³/mol. The Hall–Kier alpha value is -2.91. The fourth-order valence-electron chi connectivity index (χ4n) is 4.06. The molecule has 1 N–H and O–H groups in total. The molecule has 2 aromatic carbocycles. The summed E-state index contributed by atoms with van der Waals surface area (Å²) >= 11 is 0. The summed E-state index contributed by atoms with van der Waals surface area (Å²) in [6, 6.07) is 13.4. The average molecular weight is 443 g/mol. The van der Waals surface area contributed by atoms with Gasteiger partial charge in [0, 0.05) is 19.6 Å². The van der Waals surface area contributed by atoms with Crippen molar-refractivity contribution in [3.63, 3.8) is 0 Å². The molecule has 0 saturated carbocycles. The molecule has 31 heavy (non-hydrogen) atoms. The molecule has 1 aliphatic rings. The number of para-hydroxylation sites is 2. The molecule has 164 valence electrons. The maximum absolute atomic E-state index is 13.1. The van der Waals surface area contributed by atoms with Gasteiger partial charge in [-0.1, -0.05) is 12.1 Å². The van der Waals surface area contributed by atoms with Crippen LogP contribution < -0.4 is 10.1 Å². The Morgan fingerprint density at radius 2 is 1.94 bits per heavy atom. The molecule has 0 radical (unpaired) electrons. The third kappa shape index (κ3) is 4.15. The predicted octanol–water partition coefficient (Wildman–Crippen LogP) is 2.32. The molecule has 1 amide bonds. The highest BCUT2D eigenvalue weighted by Crippen LogP contribution is 2.27. The van der Waals surface area contributed by atoms with E-state index in [2.05, 4.69) is 14.9 Å². The number of amides is 1. The molecule has 0 aliphatic carbocycles. The molecule has 0 bridgehead atoms. The zero-order valence-electron chi connectivity index (χ0n) is 17.6. The number of ether oxygens (including phenoxy) is 1. The largest absolute Gasteiger partial charge is 0.497 e. The minimum atomic E-state index is -3.76. The summed E-state index contributed by atoms with van der Waals surface area (Å²) in [5, 5.41) is 2.91. The average Bonchev–Trinajstić information content (AvgIpc) is 3.39. The van der Waals surface area contributed by atoms with Crippen molar-refractivity contribution in [3.8, 4) is 5.75 Å². The molecule has 1 aliphatic heterocycles. The van der Waals surface area contributed by atoms with E-state index < -0.39 is 16.1 Å². The van der Waals surface area contributed by atoms with Gasteiger partial charge in [0.1, 0.15) is 17.6 Å². The minimum Gasteiger partial charge on any atom is -0.497 e. The lowest BCUT2D eigenvalue weighted by atomic mass is 10.2. The first-order valence-electron chi connectivity index (χ1n) is 10.3. The summed E-state index contributed by atoms with van der Waals surface area (Å²) in [5.74, 6) is 1.19. The fourth-order valence-corrected chi connectivity index (χ4v) is 5.72. The summed E-state index contributed by atoms with van der Waals surface area (Å²) in [6.07, 6.45) is 1.16. The summed E-state index contributed by atoms with van der Waals surface area (Å²) in [5.41, 5.74) is 1.93. The van der Waals surface area contributed by atoms with E-state index in [9.17, 15) is 13.2 Å². The normalized spacial score (nSPS) is 17.2. The Morgan fingerprint density at radius 1 is 1.19 bits per heavy atom. The van der Waals surface area contributed by atoms with E-state index in [-0.39, 0.29) is 10.8 Å². The topological polar surface area (TPSA) is 93.5 Å². The number of carbonyl (C=O) groups is 1. The maximum Gasteiger partial charge on any atom is 0.243 e. The molecule has 8 nitrogen and oxygen atoms in total. The van der Waals surface area contributed by atoms with Crippen molar-refractivity contribution in [2.75, 3.05) is 20.2 Å². The number of nitrogens with one attached hydrogen (secondary N) is 1. The van der Waals surface area contributed by atoms with E-state index in [1.807, 2.05) is 31.2 Å². The first-order chi connectivity index (χ1) is 14.9. The Labute approximate surface area is 181 Å². The van der Waals surface area contributed by atoms with Crippen molar-refractivity contribution in [2.45, 2.75) is 37.2 Å². The molecular weight excluding hydrogens is 416 g/mol. The summed E-state index contributed by atoms with van der Waals surface area (Å²) < 4.78 is 34.6. The third-order valence-corrected chi connectivity index (χ3v) is 7.57. The van der Waals surface area contributed by atoms with Crippen LogP contribution in [0.2, 0.25) is 0 Å². The lowest BCUT2D eigenvalue weighted by Gasteiger charge is -2.23. The molecule has 3 aromatic rings. The number of sulfonamides is 1. The van der Waals surface area contributed by atoms with Gasteiger partial charge in [0.15, 0.2) is 0 Å². The van der Waals surface area contributed by atoms with Crippen molar-refractivity contribution >= 4 is 27.0 Å². The van der Waals surface area contributed by atoms with Crippen molar-refractivity contribution in [1.29, 1.82) is 0 Å². The van der Waals surface area contributed by atoms with E-state index in [1.165, 1.54) is 23.5 Å². The number of nitrogens with zero attached hydrogens (tertiary/aromatic N) is 3. The number of hydrogen-bond acceptors (Lipinski definition) is 5. The number of hydrogen-bond donors (Lipinski definition) is 1. The summed E-state index contributed by atoms with van der Waals surface area (Å²) in [6.45, 7) is 3.22. The Kier molecular flexibility index (Phi) is 5.97. The van der Waals surface area contributed by atoms with Crippen LogP contribution in [0.25, 0.3) is 11.0 Å². The van der Waals surface area contributed by atoms with Crippen molar-refractivity contribution < 1.29 is 17.9 Å². The first-order valence-corrected chi connectivity index (χ1v) is 11.7. The van der Waals surface area contributed by atoms with Gasteiger partial charge in [-0.3, -0.25) is 4.79 Å². The number of benzene rings is 2. The Morgan fingerprint density at radius 3 is 2.68 bits per heavy atom. The molecule has 4 rings (SSSR count). The second-order valence-electron chi connectivity index (χ2n) is 7.54. The number of methoxy groups -OCH3 is 1. The van der Waals surface area contributed by atoms with Crippen LogP contribution in [0.5, 0.6) is 5.75 Å². The van der Waals surface area contributed by atoms with Gasteiger partial charge < -0.3 is 14.6 Å². The van der Waals surface area contributed by atoms with E-state index in [0.29, 0.717) is 38.2 Å². The smallest absolute Gasteiger partial charge is 0.243 e. The van der Waals surface area contributed by atoms with Gasteiger partial charge in [-0.2, -0.15) is 4.31 Å². The molecule has 1 atom stereocenters. The lowest BCUT2D eigenvalue weighted by Crippen LogP contribution is -2.46. The van der Waals surface area contributed by atoms with Crippen LogP contribution in [0.15, 0.2) is 53.4 Å². The quantitative estimate of drug-likeness (QED) is 0.606. The van der Waals surface area contributed by atoms with Crippen molar-refractivity contribution in [2.24, 2.45) is 0 Å². The van der Waals surface area contributed by atoms with Crippen molar-refractivity contribution in [1.82, 2.24) is 19.2 Å². The maximum atomic E-state index is 13.1. The number of rotatable bonds is 7. The minimum absolute atomic E-state index is 0.161. The molecule has 0 unspecified atom stereocenters. The number of carbonyl (C=O) groups excluding carboxylic acids is 1.